The van der Waals surface area contributed by atoms with Gasteiger partial charge in [0.1, 0.15) is 10.9 Å². The van der Waals surface area contributed by atoms with Crippen molar-refractivity contribution < 1.29 is 4.42 Å². The van der Waals surface area contributed by atoms with E-state index >= 15 is 0 Å². The summed E-state index contributed by atoms with van der Waals surface area (Å²) < 4.78 is 5.21. The third-order valence-electron chi connectivity index (χ3n) is 1.44. The van der Waals surface area contributed by atoms with Gasteiger partial charge in [-0.1, -0.05) is 11.6 Å². The van der Waals surface area contributed by atoms with E-state index in [1.165, 1.54) is 0 Å². The fraction of sp³-hybridized carbons (Fsp3) is 0.143. The van der Waals surface area contributed by atoms with Gasteiger partial charge in [0, 0.05) is 0 Å². The van der Waals surface area contributed by atoms with Gasteiger partial charge in [0.05, 0.1) is 5.39 Å². The Balaban J connectivity index is 2.88. The quantitative estimate of drug-likeness (QED) is 0.488. The molecule has 2 rings (SSSR count). The summed E-state index contributed by atoms with van der Waals surface area (Å²) in [4.78, 5) is 7.64. The lowest BCUT2D eigenvalue weighted by Crippen LogP contribution is -1.82. The Morgan fingerprint density at radius 2 is 2.08 bits per heavy atom. The Hall–Kier alpha value is -0.800. The summed E-state index contributed by atoms with van der Waals surface area (Å²) in [6, 6.07) is 1.77. The van der Waals surface area contributed by atoms with Crippen molar-refractivity contribution in [3.63, 3.8) is 0 Å². The highest BCUT2D eigenvalue weighted by atomic mass is 35.5. The first kappa shape index (κ1) is 7.83. The summed E-state index contributed by atoms with van der Waals surface area (Å²) in [5.41, 5.74) is 0.428. The Labute approximate surface area is 78.3 Å². The molecule has 2 heterocycles. The number of hydrogen-bond acceptors (Lipinski definition) is 3. The SMILES string of the molecule is Cc1cc2c(Cl)nc(Cl)nc2o1. The molecule has 0 aliphatic heterocycles. The second-order valence-corrected chi connectivity index (χ2v) is 3.06. The van der Waals surface area contributed by atoms with E-state index in [2.05, 4.69) is 9.97 Å². The number of aryl methyl sites for hydroxylation is 1. The lowest BCUT2D eigenvalue weighted by atomic mass is 10.4. The molecule has 2 aromatic rings. The molecule has 0 saturated heterocycles. The smallest absolute Gasteiger partial charge is 0.232 e. The third kappa shape index (κ3) is 1.15. The second kappa shape index (κ2) is 2.61. The molecular weight excluding hydrogens is 199 g/mol. The van der Waals surface area contributed by atoms with Crippen LogP contribution in [0.25, 0.3) is 11.1 Å². The van der Waals surface area contributed by atoms with Crippen LogP contribution >= 0.6 is 23.2 Å². The van der Waals surface area contributed by atoms with Gasteiger partial charge in [-0.05, 0) is 24.6 Å². The van der Waals surface area contributed by atoms with Gasteiger partial charge < -0.3 is 4.42 Å². The van der Waals surface area contributed by atoms with Crippen molar-refractivity contribution in [2.24, 2.45) is 0 Å². The predicted octanol–water partition coefficient (Wildman–Crippen LogP) is 2.84. The molecule has 0 atom stereocenters. The number of hydrogen-bond donors (Lipinski definition) is 0. The highest BCUT2D eigenvalue weighted by Crippen LogP contribution is 2.24. The first-order chi connectivity index (χ1) is 5.66. The zero-order chi connectivity index (χ0) is 8.72. The molecule has 5 heteroatoms. The second-order valence-electron chi connectivity index (χ2n) is 2.36. The van der Waals surface area contributed by atoms with Crippen LogP contribution in [0.2, 0.25) is 10.4 Å². The molecule has 3 nitrogen and oxygen atoms in total. The van der Waals surface area contributed by atoms with E-state index in [1.807, 2.05) is 6.92 Å². The molecule has 12 heavy (non-hydrogen) atoms. The molecule has 0 aromatic carbocycles. The molecule has 0 saturated carbocycles. The maximum atomic E-state index is 5.78. The Morgan fingerprint density at radius 3 is 2.83 bits per heavy atom. The van der Waals surface area contributed by atoms with Crippen molar-refractivity contribution in [3.8, 4) is 0 Å². The van der Waals surface area contributed by atoms with Gasteiger partial charge in [0.15, 0.2) is 0 Å². The minimum atomic E-state index is 0.0989. The van der Waals surface area contributed by atoms with E-state index in [-0.39, 0.29) is 5.28 Å². The monoisotopic (exact) mass is 202 g/mol. The largest absolute Gasteiger partial charge is 0.443 e. The summed E-state index contributed by atoms with van der Waals surface area (Å²) in [5, 5.41) is 1.11. The number of fused-ring (bicyclic) bond motifs is 1. The van der Waals surface area contributed by atoms with Crippen LogP contribution < -0.4 is 0 Å². The average Bonchev–Trinajstić information content (AvgIpc) is 2.29. The van der Waals surface area contributed by atoms with Crippen molar-refractivity contribution in [1.29, 1.82) is 0 Å². The number of furan rings is 1. The standard InChI is InChI=1S/C7H4Cl2N2O/c1-3-2-4-5(8)10-7(9)11-6(4)12-3/h2H,1H3. The first-order valence-corrected chi connectivity index (χ1v) is 4.01. The fourth-order valence-electron chi connectivity index (χ4n) is 0.983. The summed E-state index contributed by atoms with van der Waals surface area (Å²) in [7, 11) is 0. The molecule has 0 spiro atoms. The van der Waals surface area contributed by atoms with Gasteiger partial charge >= 0.3 is 0 Å². The molecule has 0 aliphatic carbocycles. The van der Waals surface area contributed by atoms with Crippen LogP contribution in [0, 0.1) is 6.92 Å². The molecule has 0 bridgehead atoms. The van der Waals surface area contributed by atoms with Gasteiger partial charge in [-0.2, -0.15) is 4.98 Å². The summed E-state index contributed by atoms with van der Waals surface area (Å²) in [5.74, 6) is 0.739. The summed E-state index contributed by atoms with van der Waals surface area (Å²) in [6.45, 7) is 1.81. The highest BCUT2D eigenvalue weighted by Gasteiger charge is 2.08. The Morgan fingerprint density at radius 1 is 1.33 bits per heavy atom. The minimum Gasteiger partial charge on any atom is -0.443 e. The number of aromatic nitrogens is 2. The van der Waals surface area contributed by atoms with E-state index < -0.39 is 0 Å². The summed E-state index contributed by atoms with van der Waals surface area (Å²) >= 11 is 11.3. The average molecular weight is 203 g/mol. The van der Waals surface area contributed by atoms with E-state index in [1.54, 1.807) is 6.07 Å². The van der Waals surface area contributed by atoms with Crippen molar-refractivity contribution in [2.75, 3.05) is 0 Å². The molecule has 0 N–H and O–H groups in total. The normalized spacial score (nSPS) is 10.9. The zero-order valence-electron chi connectivity index (χ0n) is 6.14. The maximum Gasteiger partial charge on any atom is 0.232 e. The molecule has 62 valence electrons. The van der Waals surface area contributed by atoms with Crippen molar-refractivity contribution >= 4 is 34.3 Å². The number of rotatable bonds is 0. The molecular formula is C7H4Cl2N2O. The van der Waals surface area contributed by atoms with Crippen molar-refractivity contribution in [2.45, 2.75) is 6.92 Å². The minimum absolute atomic E-state index is 0.0989. The third-order valence-corrected chi connectivity index (χ3v) is 1.90. The van der Waals surface area contributed by atoms with Crippen LogP contribution in [-0.4, -0.2) is 9.97 Å². The molecule has 0 aliphatic rings. The van der Waals surface area contributed by atoms with Crippen LogP contribution in [-0.2, 0) is 0 Å². The topological polar surface area (TPSA) is 38.9 Å². The highest BCUT2D eigenvalue weighted by molar-refractivity contribution is 6.35. The van der Waals surface area contributed by atoms with Gasteiger partial charge in [-0.3, -0.25) is 0 Å². The molecule has 2 aromatic heterocycles. The van der Waals surface area contributed by atoms with Crippen LogP contribution in [0.4, 0.5) is 0 Å². The van der Waals surface area contributed by atoms with Crippen LogP contribution in [0.15, 0.2) is 10.5 Å². The van der Waals surface area contributed by atoms with E-state index in [0.717, 1.165) is 5.76 Å². The first-order valence-electron chi connectivity index (χ1n) is 3.26. The molecule has 0 unspecified atom stereocenters. The van der Waals surface area contributed by atoms with Crippen LogP contribution in [0.1, 0.15) is 5.76 Å². The predicted molar refractivity (Wildman–Crippen MR) is 46.6 cm³/mol. The fourth-order valence-corrected chi connectivity index (χ4v) is 1.40. The van der Waals surface area contributed by atoms with Gasteiger partial charge in [0.2, 0.25) is 11.0 Å². The Bertz CT molecular complexity index is 438. The van der Waals surface area contributed by atoms with E-state index in [9.17, 15) is 0 Å². The van der Waals surface area contributed by atoms with Gasteiger partial charge in [-0.15, -0.1) is 0 Å². The lowest BCUT2D eigenvalue weighted by Gasteiger charge is -1.90. The molecule has 0 radical (unpaired) electrons. The molecule has 0 fully saturated rings. The van der Waals surface area contributed by atoms with E-state index in [0.29, 0.717) is 16.3 Å². The lowest BCUT2D eigenvalue weighted by molar-refractivity contribution is 0.567. The number of halogens is 2. The maximum absolute atomic E-state index is 5.78. The van der Waals surface area contributed by atoms with Gasteiger partial charge in [0.25, 0.3) is 0 Å². The zero-order valence-corrected chi connectivity index (χ0v) is 7.65. The van der Waals surface area contributed by atoms with E-state index in [4.69, 9.17) is 27.6 Å². The van der Waals surface area contributed by atoms with Crippen LogP contribution in [0.5, 0.6) is 0 Å². The summed E-state index contributed by atoms with van der Waals surface area (Å²) in [6.07, 6.45) is 0. The Kier molecular flexibility index (Phi) is 1.70. The van der Waals surface area contributed by atoms with Crippen molar-refractivity contribution in [1.82, 2.24) is 9.97 Å². The van der Waals surface area contributed by atoms with Gasteiger partial charge in [-0.25, -0.2) is 4.98 Å². The number of nitrogens with zero attached hydrogens (tertiary/aromatic N) is 2. The van der Waals surface area contributed by atoms with Crippen molar-refractivity contribution in [3.05, 3.63) is 22.3 Å². The molecule has 0 amide bonds. The van der Waals surface area contributed by atoms with Crippen LogP contribution in [0.3, 0.4) is 0 Å².